The van der Waals surface area contributed by atoms with E-state index in [9.17, 15) is 4.79 Å². The van der Waals surface area contributed by atoms with E-state index in [4.69, 9.17) is 0 Å². The smallest absolute Gasteiger partial charge is 0.216 e. The molecule has 0 radical (unpaired) electrons. The lowest BCUT2D eigenvalue weighted by atomic mass is 9.80. The van der Waals surface area contributed by atoms with Gasteiger partial charge in [-0.2, -0.15) is 0 Å². The molecule has 1 amide bonds. The van der Waals surface area contributed by atoms with Crippen LogP contribution in [-0.2, 0) is 10.2 Å². The molecule has 1 aromatic carbocycles. The molecule has 0 heterocycles. The van der Waals surface area contributed by atoms with Crippen LogP contribution in [0.3, 0.4) is 0 Å². The Labute approximate surface area is 104 Å². The van der Waals surface area contributed by atoms with Crippen LogP contribution < -0.4 is 5.32 Å². The fourth-order valence-electron chi connectivity index (χ4n) is 2.13. The van der Waals surface area contributed by atoms with Crippen molar-refractivity contribution >= 4 is 5.91 Å². The standard InChI is InChI=1S/C15H23NO/c1-10-7-12(3)14(8-11(10)2)15(5,6)9-16-13(4)17/h7-8H,9H2,1-6H3,(H,16,17). The third kappa shape index (κ3) is 3.32. The monoisotopic (exact) mass is 233 g/mol. The maximum atomic E-state index is 11.0. The summed E-state index contributed by atoms with van der Waals surface area (Å²) in [6.45, 7) is 13.0. The molecule has 0 aliphatic rings. The summed E-state index contributed by atoms with van der Waals surface area (Å²) in [4.78, 5) is 11.0. The van der Waals surface area contributed by atoms with Gasteiger partial charge in [0.25, 0.3) is 0 Å². The quantitative estimate of drug-likeness (QED) is 0.854. The number of rotatable bonds is 3. The summed E-state index contributed by atoms with van der Waals surface area (Å²) in [5.74, 6) is 0.0274. The maximum absolute atomic E-state index is 11.0. The number of benzene rings is 1. The Balaban J connectivity index is 3.05. The van der Waals surface area contributed by atoms with E-state index >= 15 is 0 Å². The maximum Gasteiger partial charge on any atom is 0.216 e. The van der Waals surface area contributed by atoms with E-state index in [1.54, 1.807) is 6.92 Å². The van der Waals surface area contributed by atoms with E-state index in [1.165, 1.54) is 22.3 Å². The first kappa shape index (κ1) is 13.8. The third-order valence-electron chi connectivity index (χ3n) is 3.35. The fourth-order valence-corrected chi connectivity index (χ4v) is 2.13. The van der Waals surface area contributed by atoms with Crippen molar-refractivity contribution in [1.29, 1.82) is 0 Å². The minimum atomic E-state index is -0.0335. The first-order valence-electron chi connectivity index (χ1n) is 6.07. The molecule has 0 aromatic heterocycles. The summed E-state index contributed by atoms with van der Waals surface area (Å²) in [7, 11) is 0. The van der Waals surface area contributed by atoms with Gasteiger partial charge in [0.15, 0.2) is 0 Å². The topological polar surface area (TPSA) is 29.1 Å². The highest BCUT2D eigenvalue weighted by atomic mass is 16.1. The molecule has 1 N–H and O–H groups in total. The van der Waals surface area contributed by atoms with Crippen LogP contribution in [0.5, 0.6) is 0 Å². The number of amides is 1. The molecule has 0 saturated carbocycles. The Morgan fingerprint density at radius 3 is 2.18 bits per heavy atom. The Kier molecular flexibility index (Phi) is 3.97. The van der Waals surface area contributed by atoms with Gasteiger partial charge in [0, 0.05) is 18.9 Å². The molecule has 1 aromatic rings. The van der Waals surface area contributed by atoms with Crippen molar-refractivity contribution in [2.45, 2.75) is 47.0 Å². The van der Waals surface area contributed by atoms with Crippen molar-refractivity contribution in [2.24, 2.45) is 0 Å². The van der Waals surface area contributed by atoms with Gasteiger partial charge in [-0.15, -0.1) is 0 Å². The molecule has 0 unspecified atom stereocenters. The zero-order chi connectivity index (χ0) is 13.2. The molecule has 0 spiro atoms. The van der Waals surface area contributed by atoms with Crippen LogP contribution in [0.4, 0.5) is 0 Å². The first-order valence-corrected chi connectivity index (χ1v) is 6.07. The van der Waals surface area contributed by atoms with E-state index in [1.807, 2.05) is 0 Å². The largest absolute Gasteiger partial charge is 0.355 e. The molecule has 2 nitrogen and oxygen atoms in total. The summed E-state index contributed by atoms with van der Waals surface area (Å²) in [5.41, 5.74) is 5.20. The summed E-state index contributed by atoms with van der Waals surface area (Å²) >= 11 is 0. The summed E-state index contributed by atoms with van der Waals surface area (Å²) in [6.07, 6.45) is 0. The number of nitrogens with one attached hydrogen (secondary N) is 1. The van der Waals surface area contributed by atoms with Crippen molar-refractivity contribution in [2.75, 3.05) is 6.54 Å². The van der Waals surface area contributed by atoms with Gasteiger partial charge in [-0.1, -0.05) is 26.0 Å². The van der Waals surface area contributed by atoms with Crippen molar-refractivity contribution in [3.8, 4) is 0 Å². The molecular formula is C15H23NO. The molecule has 0 atom stereocenters. The second kappa shape index (κ2) is 4.91. The summed E-state index contributed by atoms with van der Waals surface area (Å²) < 4.78 is 0. The number of aryl methyl sites for hydroxylation is 3. The molecule has 1 rings (SSSR count). The molecule has 0 aliphatic carbocycles. The second-order valence-electron chi connectivity index (χ2n) is 5.55. The van der Waals surface area contributed by atoms with Crippen molar-refractivity contribution in [1.82, 2.24) is 5.32 Å². The van der Waals surface area contributed by atoms with Crippen molar-refractivity contribution < 1.29 is 4.79 Å². The van der Waals surface area contributed by atoms with Crippen molar-refractivity contribution in [3.05, 3.63) is 34.4 Å². The molecule has 17 heavy (non-hydrogen) atoms. The number of hydrogen-bond donors (Lipinski definition) is 1. The van der Waals surface area contributed by atoms with Gasteiger partial charge in [-0.25, -0.2) is 0 Å². The first-order chi connectivity index (χ1) is 7.74. The molecule has 0 saturated heterocycles. The second-order valence-corrected chi connectivity index (χ2v) is 5.55. The van der Waals surface area contributed by atoms with Gasteiger partial charge >= 0.3 is 0 Å². The minimum absolute atomic E-state index is 0.0274. The SMILES string of the molecule is CC(=O)NCC(C)(C)c1cc(C)c(C)cc1C. The molecule has 0 aliphatic heterocycles. The Morgan fingerprint density at radius 2 is 1.65 bits per heavy atom. The van der Waals surface area contributed by atoms with Gasteiger partial charge in [0.2, 0.25) is 5.91 Å². The van der Waals surface area contributed by atoms with Crippen LogP contribution in [0.15, 0.2) is 12.1 Å². The normalized spacial score (nSPS) is 11.4. The zero-order valence-electron chi connectivity index (χ0n) is 11.8. The van der Waals surface area contributed by atoms with E-state index in [0.717, 1.165) is 0 Å². The molecular weight excluding hydrogens is 210 g/mol. The predicted octanol–water partition coefficient (Wildman–Crippen LogP) is 3.03. The van der Waals surface area contributed by atoms with E-state index in [0.29, 0.717) is 6.54 Å². The van der Waals surface area contributed by atoms with Crippen LogP contribution in [-0.4, -0.2) is 12.5 Å². The van der Waals surface area contributed by atoms with Crippen LogP contribution in [0.1, 0.15) is 43.0 Å². The summed E-state index contributed by atoms with van der Waals surface area (Å²) in [6, 6.07) is 4.46. The van der Waals surface area contributed by atoms with Crippen LogP contribution in [0, 0.1) is 20.8 Å². The Bertz CT molecular complexity index is 433. The number of hydrogen-bond acceptors (Lipinski definition) is 1. The summed E-state index contributed by atoms with van der Waals surface area (Å²) in [5, 5.41) is 2.91. The molecule has 94 valence electrons. The Hall–Kier alpha value is -1.31. The van der Waals surface area contributed by atoms with Crippen LogP contribution in [0.2, 0.25) is 0 Å². The number of carbonyl (C=O) groups excluding carboxylic acids is 1. The van der Waals surface area contributed by atoms with Gasteiger partial charge in [0.1, 0.15) is 0 Å². The minimum Gasteiger partial charge on any atom is -0.355 e. The lowest BCUT2D eigenvalue weighted by Gasteiger charge is -2.28. The highest BCUT2D eigenvalue weighted by Gasteiger charge is 2.23. The number of carbonyl (C=O) groups is 1. The van der Waals surface area contributed by atoms with E-state index in [2.05, 4.69) is 52.1 Å². The lowest BCUT2D eigenvalue weighted by Crippen LogP contribution is -2.36. The average molecular weight is 233 g/mol. The lowest BCUT2D eigenvalue weighted by molar-refractivity contribution is -0.119. The average Bonchev–Trinajstić information content (AvgIpc) is 2.20. The van der Waals surface area contributed by atoms with Gasteiger partial charge in [0.05, 0.1) is 0 Å². The van der Waals surface area contributed by atoms with E-state index < -0.39 is 0 Å². The highest BCUT2D eigenvalue weighted by molar-refractivity contribution is 5.73. The Morgan fingerprint density at radius 1 is 1.12 bits per heavy atom. The zero-order valence-corrected chi connectivity index (χ0v) is 11.8. The molecule has 0 bridgehead atoms. The van der Waals surface area contributed by atoms with Gasteiger partial charge in [-0.3, -0.25) is 4.79 Å². The van der Waals surface area contributed by atoms with Crippen LogP contribution in [0.25, 0.3) is 0 Å². The van der Waals surface area contributed by atoms with Crippen LogP contribution >= 0.6 is 0 Å². The fraction of sp³-hybridized carbons (Fsp3) is 0.533. The van der Waals surface area contributed by atoms with Gasteiger partial charge in [-0.05, 0) is 43.0 Å². The van der Waals surface area contributed by atoms with Crippen molar-refractivity contribution in [3.63, 3.8) is 0 Å². The third-order valence-corrected chi connectivity index (χ3v) is 3.35. The van der Waals surface area contributed by atoms with Gasteiger partial charge < -0.3 is 5.32 Å². The van der Waals surface area contributed by atoms with E-state index in [-0.39, 0.29) is 11.3 Å². The highest BCUT2D eigenvalue weighted by Crippen LogP contribution is 2.28. The molecule has 2 heteroatoms. The molecule has 0 fully saturated rings. The predicted molar refractivity (Wildman–Crippen MR) is 72.4 cm³/mol.